The minimum absolute atomic E-state index is 0.0322. The van der Waals surface area contributed by atoms with Crippen molar-refractivity contribution >= 4 is 29.2 Å². The van der Waals surface area contributed by atoms with Gasteiger partial charge >= 0.3 is 5.97 Å². The van der Waals surface area contributed by atoms with E-state index in [9.17, 15) is 14.7 Å². The number of aromatic amines is 1. The number of ether oxygens (including phenoxy) is 1. The van der Waals surface area contributed by atoms with Gasteiger partial charge in [0.2, 0.25) is 0 Å². The van der Waals surface area contributed by atoms with Crippen LogP contribution in [0.1, 0.15) is 17.9 Å². The molecule has 0 bridgehead atoms. The van der Waals surface area contributed by atoms with Gasteiger partial charge < -0.3 is 30.4 Å². The lowest BCUT2D eigenvalue weighted by atomic mass is 10.0. The summed E-state index contributed by atoms with van der Waals surface area (Å²) in [7, 11) is 0. The maximum atomic E-state index is 12.4. The number of amides is 1. The summed E-state index contributed by atoms with van der Waals surface area (Å²) in [6, 6.07) is 8.88. The van der Waals surface area contributed by atoms with Gasteiger partial charge in [0.25, 0.3) is 5.91 Å². The van der Waals surface area contributed by atoms with Crippen molar-refractivity contribution in [3.8, 4) is 5.75 Å². The van der Waals surface area contributed by atoms with Gasteiger partial charge in [-0.15, -0.1) is 0 Å². The van der Waals surface area contributed by atoms with E-state index in [0.717, 1.165) is 6.42 Å². The first-order valence-corrected chi connectivity index (χ1v) is 10.3. The Morgan fingerprint density at radius 2 is 2.19 bits per heavy atom. The van der Waals surface area contributed by atoms with Crippen molar-refractivity contribution in [1.82, 2.24) is 15.0 Å². The van der Waals surface area contributed by atoms with Crippen molar-refractivity contribution in [2.75, 3.05) is 41.8 Å². The number of imidazole rings is 1. The zero-order chi connectivity index (χ0) is 22.3. The number of carboxylic acid groups (broad SMARTS) is 1. The fraction of sp³-hybridized carbons (Fsp3) is 0.273. The van der Waals surface area contributed by atoms with Gasteiger partial charge in [0.1, 0.15) is 11.7 Å². The number of aliphatic carboxylic acids is 1. The van der Waals surface area contributed by atoms with E-state index in [1.54, 1.807) is 47.9 Å². The van der Waals surface area contributed by atoms with Crippen molar-refractivity contribution in [2.45, 2.75) is 12.3 Å². The van der Waals surface area contributed by atoms with Gasteiger partial charge in [-0.25, -0.2) is 4.98 Å². The highest BCUT2D eigenvalue weighted by molar-refractivity contribution is 5.98. The van der Waals surface area contributed by atoms with Crippen LogP contribution in [-0.4, -0.2) is 58.2 Å². The molecular weight excluding hydrogens is 412 g/mol. The lowest BCUT2D eigenvalue weighted by Crippen LogP contribution is -2.40. The van der Waals surface area contributed by atoms with E-state index in [0.29, 0.717) is 41.7 Å². The number of aromatic nitrogens is 3. The molecule has 166 valence electrons. The van der Waals surface area contributed by atoms with Crippen molar-refractivity contribution < 1.29 is 19.4 Å². The number of carboxylic acids is 1. The van der Waals surface area contributed by atoms with Crippen molar-refractivity contribution in [3.05, 3.63) is 60.7 Å². The second kappa shape index (κ2) is 9.82. The normalized spacial score (nSPS) is 13.8. The van der Waals surface area contributed by atoms with E-state index < -0.39 is 11.9 Å². The van der Waals surface area contributed by atoms with Crippen LogP contribution in [0.4, 0.5) is 17.3 Å². The summed E-state index contributed by atoms with van der Waals surface area (Å²) in [5, 5.41) is 15.9. The van der Waals surface area contributed by atoms with Crippen LogP contribution in [0.25, 0.3) is 0 Å². The zero-order valence-electron chi connectivity index (χ0n) is 17.3. The summed E-state index contributed by atoms with van der Waals surface area (Å²) >= 11 is 0. The molecule has 2 aromatic heterocycles. The fourth-order valence-electron chi connectivity index (χ4n) is 3.52. The molecule has 0 radical (unpaired) electrons. The van der Waals surface area contributed by atoms with E-state index in [2.05, 4.69) is 25.6 Å². The number of H-pyrrole nitrogens is 1. The summed E-state index contributed by atoms with van der Waals surface area (Å²) in [6.07, 6.45) is 7.31. The molecule has 0 spiro atoms. The summed E-state index contributed by atoms with van der Waals surface area (Å²) in [5.74, 6) is -0.485. The number of anilines is 3. The number of hydrogen-bond donors (Lipinski definition) is 4. The molecule has 1 atom stereocenters. The summed E-state index contributed by atoms with van der Waals surface area (Å²) in [6.45, 7) is 1.37. The van der Waals surface area contributed by atoms with Gasteiger partial charge in [0.15, 0.2) is 12.6 Å². The van der Waals surface area contributed by atoms with E-state index in [1.165, 1.54) is 0 Å². The standard InChI is InChI=1S/C22H24N6O4/c29-20-14-32-19-11-16(27-13-17(21(30)31)15-3-1-6-23-12-15)4-5-18(19)28(20)10-2-7-24-22-25-8-9-26-22/h1,3-6,8-9,11-12,17,27H,2,7,10,13-14H2,(H,30,31)(H2,24,25,26). The Balaban J connectivity index is 1.38. The van der Waals surface area contributed by atoms with Gasteiger partial charge in [-0.05, 0) is 30.2 Å². The first kappa shape index (κ1) is 21.2. The highest BCUT2D eigenvalue weighted by Gasteiger charge is 2.26. The third kappa shape index (κ3) is 4.97. The SMILES string of the molecule is O=C(O)C(CNc1ccc2c(c1)OCC(=O)N2CCCNc1ncc[nH]1)c1cccnc1. The van der Waals surface area contributed by atoms with Crippen LogP contribution in [0, 0.1) is 0 Å². The molecule has 0 fully saturated rings. The third-order valence-electron chi connectivity index (χ3n) is 5.15. The Hall–Kier alpha value is -4.08. The smallest absolute Gasteiger partial charge is 0.312 e. The van der Waals surface area contributed by atoms with Crippen LogP contribution in [-0.2, 0) is 9.59 Å². The predicted molar refractivity (Wildman–Crippen MR) is 119 cm³/mol. The number of fused-ring (bicyclic) bond motifs is 1. The molecule has 0 aliphatic carbocycles. The maximum Gasteiger partial charge on any atom is 0.312 e. The first-order chi connectivity index (χ1) is 15.6. The summed E-state index contributed by atoms with van der Waals surface area (Å²) in [4.78, 5) is 36.9. The molecule has 10 nitrogen and oxygen atoms in total. The second-order valence-electron chi connectivity index (χ2n) is 7.29. The largest absolute Gasteiger partial charge is 0.481 e. The van der Waals surface area contributed by atoms with Gasteiger partial charge in [-0.2, -0.15) is 0 Å². The van der Waals surface area contributed by atoms with Gasteiger partial charge in [-0.3, -0.25) is 14.6 Å². The minimum Gasteiger partial charge on any atom is -0.481 e. The molecule has 1 aliphatic rings. The molecular formula is C22H24N6O4. The molecule has 0 saturated heterocycles. The van der Waals surface area contributed by atoms with Crippen LogP contribution in [0.15, 0.2) is 55.1 Å². The van der Waals surface area contributed by atoms with E-state index in [1.807, 2.05) is 12.1 Å². The fourth-order valence-corrected chi connectivity index (χ4v) is 3.52. The topological polar surface area (TPSA) is 132 Å². The third-order valence-corrected chi connectivity index (χ3v) is 5.15. The molecule has 3 aromatic rings. The van der Waals surface area contributed by atoms with E-state index in [4.69, 9.17) is 4.74 Å². The molecule has 3 heterocycles. The number of hydrogen-bond acceptors (Lipinski definition) is 7. The first-order valence-electron chi connectivity index (χ1n) is 10.3. The Morgan fingerprint density at radius 3 is 2.94 bits per heavy atom. The summed E-state index contributed by atoms with van der Waals surface area (Å²) < 4.78 is 5.62. The average Bonchev–Trinajstić information content (AvgIpc) is 3.32. The number of carbonyl (C=O) groups is 2. The van der Waals surface area contributed by atoms with Gasteiger partial charge in [0.05, 0.1) is 5.69 Å². The minimum atomic E-state index is -0.931. The zero-order valence-corrected chi connectivity index (χ0v) is 17.3. The monoisotopic (exact) mass is 436 g/mol. The molecule has 0 saturated carbocycles. The lowest BCUT2D eigenvalue weighted by molar-refractivity contribution is -0.138. The van der Waals surface area contributed by atoms with Crippen LogP contribution in [0.5, 0.6) is 5.75 Å². The number of benzene rings is 1. The number of nitrogens with zero attached hydrogens (tertiary/aromatic N) is 3. The van der Waals surface area contributed by atoms with Crippen LogP contribution in [0.3, 0.4) is 0 Å². The molecule has 1 aliphatic heterocycles. The number of carbonyl (C=O) groups excluding carboxylic acids is 1. The molecule has 4 N–H and O–H groups in total. The molecule has 4 rings (SSSR count). The highest BCUT2D eigenvalue weighted by atomic mass is 16.5. The van der Waals surface area contributed by atoms with Gasteiger partial charge in [0, 0.05) is 56.2 Å². The Kier molecular flexibility index (Phi) is 6.49. The number of pyridine rings is 1. The van der Waals surface area contributed by atoms with Crippen LogP contribution < -0.4 is 20.3 Å². The Labute approximate surface area is 184 Å². The van der Waals surface area contributed by atoms with E-state index >= 15 is 0 Å². The lowest BCUT2D eigenvalue weighted by Gasteiger charge is -2.30. The Bertz CT molecular complexity index is 1060. The van der Waals surface area contributed by atoms with Crippen molar-refractivity contribution in [2.24, 2.45) is 0 Å². The molecule has 32 heavy (non-hydrogen) atoms. The maximum absolute atomic E-state index is 12.4. The van der Waals surface area contributed by atoms with Crippen molar-refractivity contribution in [3.63, 3.8) is 0 Å². The molecule has 1 unspecified atom stereocenters. The number of rotatable bonds is 10. The quantitative estimate of drug-likeness (QED) is 0.356. The van der Waals surface area contributed by atoms with Crippen LogP contribution >= 0.6 is 0 Å². The molecule has 10 heteroatoms. The van der Waals surface area contributed by atoms with E-state index in [-0.39, 0.29) is 19.1 Å². The average molecular weight is 436 g/mol. The number of nitrogens with one attached hydrogen (secondary N) is 3. The predicted octanol–water partition coefficient (Wildman–Crippen LogP) is 2.31. The highest BCUT2D eigenvalue weighted by Crippen LogP contribution is 2.35. The second-order valence-corrected chi connectivity index (χ2v) is 7.29. The molecule has 1 aromatic carbocycles. The van der Waals surface area contributed by atoms with Crippen molar-refractivity contribution in [1.29, 1.82) is 0 Å². The summed E-state index contributed by atoms with van der Waals surface area (Å²) in [5.41, 5.74) is 2.04. The van der Waals surface area contributed by atoms with Gasteiger partial charge in [-0.1, -0.05) is 6.07 Å². The molecule has 1 amide bonds. The van der Waals surface area contributed by atoms with Crippen LogP contribution in [0.2, 0.25) is 0 Å². The Morgan fingerprint density at radius 1 is 1.28 bits per heavy atom.